The highest BCUT2D eigenvalue weighted by molar-refractivity contribution is 7.09. The maximum absolute atomic E-state index is 4.68. The van der Waals surface area contributed by atoms with Crippen molar-refractivity contribution in [1.82, 2.24) is 10.3 Å². The van der Waals surface area contributed by atoms with Crippen LogP contribution in [0.3, 0.4) is 0 Å². The molecule has 1 aliphatic carbocycles. The van der Waals surface area contributed by atoms with E-state index in [-0.39, 0.29) is 0 Å². The fraction of sp³-hybridized carbons (Fsp3) is 0.786. The molecule has 17 heavy (non-hydrogen) atoms. The summed E-state index contributed by atoms with van der Waals surface area (Å²) >= 11 is 1.77. The number of hydrogen-bond acceptors (Lipinski definition) is 3. The molecular weight excluding hydrogens is 228 g/mol. The van der Waals surface area contributed by atoms with E-state index in [1.807, 2.05) is 0 Å². The fourth-order valence-corrected chi connectivity index (χ4v) is 3.94. The Hall–Kier alpha value is -0.410. The van der Waals surface area contributed by atoms with Gasteiger partial charge in [0.25, 0.3) is 0 Å². The first-order chi connectivity index (χ1) is 8.26. The van der Waals surface area contributed by atoms with Gasteiger partial charge in [-0.2, -0.15) is 0 Å². The standard InChI is InChI=1S/C14H24N2S/c1-4-11-7-5-6-8-12(11)14(15-3)13-9-17-10(2)16-13/h9,11-12,14-15H,4-8H2,1-3H3. The maximum atomic E-state index is 4.68. The molecule has 0 aliphatic heterocycles. The Kier molecular flexibility index (Phi) is 4.57. The largest absolute Gasteiger partial charge is 0.311 e. The van der Waals surface area contributed by atoms with Gasteiger partial charge in [0.2, 0.25) is 0 Å². The van der Waals surface area contributed by atoms with Gasteiger partial charge >= 0.3 is 0 Å². The number of aryl methyl sites for hydroxylation is 1. The minimum absolute atomic E-state index is 0.463. The molecule has 0 radical (unpaired) electrons. The Labute approximate surface area is 109 Å². The van der Waals surface area contributed by atoms with Crippen LogP contribution in [-0.4, -0.2) is 12.0 Å². The van der Waals surface area contributed by atoms with Crippen molar-refractivity contribution in [3.8, 4) is 0 Å². The smallest absolute Gasteiger partial charge is 0.0898 e. The normalized spacial score (nSPS) is 27.0. The number of rotatable bonds is 4. The zero-order valence-corrected chi connectivity index (χ0v) is 12.0. The molecule has 1 aliphatic rings. The van der Waals surface area contributed by atoms with E-state index in [0.29, 0.717) is 6.04 Å². The molecule has 1 fully saturated rings. The predicted octanol–water partition coefficient (Wildman–Crippen LogP) is 3.93. The van der Waals surface area contributed by atoms with Crippen molar-refractivity contribution in [3.05, 3.63) is 16.1 Å². The van der Waals surface area contributed by atoms with Gasteiger partial charge in [-0.15, -0.1) is 11.3 Å². The second kappa shape index (κ2) is 5.96. The lowest BCUT2D eigenvalue weighted by molar-refractivity contribution is 0.178. The predicted molar refractivity (Wildman–Crippen MR) is 74.4 cm³/mol. The van der Waals surface area contributed by atoms with E-state index in [1.54, 1.807) is 11.3 Å². The van der Waals surface area contributed by atoms with Crippen molar-refractivity contribution in [2.24, 2.45) is 11.8 Å². The van der Waals surface area contributed by atoms with Crippen LogP contribution < -0.4 is 5.32 Å². The summed E-state index contributed by atoms with van der Waals surface area (Å²) in [5.41, 5.74) is 1.26. The van der Waals surface area contributed by atoms with Crippen molar-refractivity contribution in [2.45, 2.75) is 52.0 Å². The average molecular weight is 252 g/mol. The first kappa shape index (κ1) is 13.0. The maximum Gasteiger partial charge on any atom is 0.0898 e. The van der Waals surface area contributed by atoms with Crippen LogP contribution in [0.5, 0.6) is 0 Å². The van der Waals surface area contributed by atoms with Gasteiger partial charge < -0.3 is 5.32 Å². The van der Waals surface area contributed by atoms with Gasteiger partial charge in [-0.1, -0.05) is 32.6 Å². The summed E-state index contributed by atoms with van der Waals surface area (Å²) in [5.74, 6) is 1.66. The first-order valence-electron chi connectivity index (χ1n) is 6.85. The van der Waals surface area contributed by atoms with Crippen molar-refractivity contribution in [3.63, 3.8) is 0 Å². The van der Waals surface area contributed by atoms with Gasteiger partial charge in [-0.05, 0) is 32.2 Å². The lowest BCUT2D eigenvalue weighted by Gasteiger charge is -2.36. The van der Waals surface area contributed by atoms with Gasteiger partial charge in [0.15, 0.2) is 0 Å². The molecule has 0 bridgehead atoms. The Morgan fingerprint density at radius 1 is 1.47 bits per heavy atom. The molecule has 1 aromatic heterocycles. The molecule has 0 aromatic carbocycles. The summed E-state index contributed by atoms with van der Waals surface area (Å²) in [5, 5.41) is 6.93. The van der Waals surface area contributed by atoms with Crippen LogP contribution in [0.15, 0.2) is 5.38 Å². The zero-order chi connectivity index (χ0) is 12.3. The van der Waals surface area contributed by atoms with Crippen molar-refractivity contribution in [1.29, 1.82) is 0 Å². The van der Waals surface area contributed by atoms with E-state index in [9.17, 15) is 0 Å². The molecule has 3 atom stereocenters. The average Bonchev–Trinajstić information content (AvgIpc) is 2.77. The summed E-state index contributed by atoms with van der Waals surface area (Å²) in [6.07, 6.45) is 6.89. The molecule has 2 nitrogen and oxygen atoms in total. The van der Waals surface area contributed by atoms with E-state index in [1.165, 1.54) is 42.8 Å². The number of hydrogen-bond donors (Lipinski definition) is 1. The SMILES string of the molecule is CCC1CCCCC1C(NC)c1csc(C)n1. The fourth-order valence-electron chi connectivity index (χ4n) is 3.29. The lowest BCUT2D eigenvalue weighted by atomic mass is 9.73. The summed E-state index contributed by atoms with van der Waals surface area (Å²) in [6.45, 7) is 4.43. The minimum Gasteiger partial charge on any atom is -0.311 e. The Morgan fingerprint density at radius 3 is 2.82 bits per heavy atom. The summed E-state index contributed by atoms with van der Waals surface area (Å²) < 4.78 is 0. The van der Waals surface area contributed by atoms with Gasteiger partial charge in [0.1, 0.15) is 0 Å². The highest BCUT2D eigenvalue weighted by Gasteiger charge is 2.31. The van der Waals surface area contributed by atoms with Crippen molar-refractivity contribution in [2.75, 3.05) is 7.05 Å². The van der Waals surface area contributed by atoms with Gasteiger partial charge in [-0.25, -0.2) is 4.98 Å². The van der Waals surface area contributed by atoms with E-state index >= 15 is 0 Å². The Bertz CT molecular complexity index is 348. The quantitative estimate of drug-likeness (QED) is 0.878. The molecular formula is C14H24N2S. The third kappa shape index (κ3) is 2.89. The van der Waals surface area contributed by atoms with E-state index in [2.05, 4.69) is 36.6 Å². The van der Waals surface area contributed by atoms with Crippen LogP contribution in [0.4, 0.5) is 0 Å². The molecule has 1 aromatic rings. The van der Waals surface area contributed by atoms with E-state index < -0.39 is 0 Å². The highest BCUT2D eigenvalue weighted by atomic mass is 32.1. The summed E-state index contributed by atoms with van der Waals surface area (Å²) in [7, 11) is 2.08. The van der Waals surface area contributed by atoms with Crippen LogP contribution in [-0.2, 0) is 0 Å². The third-order valence-electron chi connectivity index (χ3n) is 4.19. The number of nitrogens with zero attached hydrogens (tertiary/aromatic N) is 1. The Morgan fingerprint density at radius 2 is 2.24 bits per heavy atom. The summed E-state index contributed by atoms with van der Waals surface area (Å²) in [6, 6.07) is 0.463. The second-order valence-electron chi connectivity index (χ2n) is 5.17. The van der Waals surface area contributed by atoms with Crippen LogP contribution in [0, 0.1) is 18.8 Å². The second-order valence-corrected chi connectivity index (χ2v) is 6.24. The molecule has 2 rings (SSSR count). The molecule has 96 valence electrons. The van der Waals surface area contributed by atoms with Crippen molar-refractivity contribution < 1.29 is 0 Å². The van der Waals surface area contributed by atoms with Crippen LogP contribution in [0.1, 0.15) is 55.8 Å². The number of nitrogens with one attached hydrogen (secondary N) is 1. The number of aromatic nitrogens is 1. The molecule has 0 amide bonds. The highest BCUT2D eigenvalue weighted by Crippen LogP contribution is 2.40. The van der Waals surface area contributed by atoms with Gasteiger partial charge in [0, 0.05) is 5.38 Å². The minimum atomic E-state index is 0.463. The van der Waals surface area contributed by atoms with Crippen LogP contribution in [0.25, 0.3) is 0 Å². The van der Waals surface area contributed by atoms with Crippen LogP contribution in [0.2, 0.25) is 0 Å². The van der Waals surface area contributed by atoms with Crippen molar-refractivity contribution >= 4 is 11.3 Å². The summed E-state index contributed by atoms with van der Waals surface area (Å²) in [4.78, 5) is 4.68. The molecule has 0 spiro atoms. The lowest BCUT2D eigenvalue weighted by Crippen LogP contribution is -2.32. The third-order valence-corrected chi connectivity index (χ3v) is 4.98. The molecule has 0 saturated heterocycles. The number of thiazole rings is 1. The van der Waals surface area contributed by atoms with Crippen LogP contribution >= 0.6 is 11.3 Å². The molecule has 3 heteroatoms. The van der Waals surface area contributed by atoms with E-state index in [4.69, 9.17) is 0 Å². The van der Waals surface area contributed by atoms with E-state index in [0.717, 1.165) is 11.8 Å². The van der Waals surface area contributed by atoms with Gasteiger partial charge in [0.05, 0.1) is 16.7 Å². The molecule has 1 saturated carbocycles. The van der Waals surface area contributed by atoms with Gasteiger partial charge in [-0.3, -0.25) is 0 Å². The molecule has 3 unspecified atom stereocenters. The first-order valence-corrected chi connectivity index (χ1v) is 7.73. The monoisotopic (exact) mass is 252 g/mol. The zero-order valence-electron chi connectivity index (χ0n) is 11.2. The Balaban J connectivity index is 2.16. The molecule has 1 N–H and O–H groups in total. The molecule has 1 heterocycles. The topological polar surface area (TPSA) is 24.9 Å².